The Morgan fingerprint density at radius 2 is 1.82 bits per heavy atom. The van der Waals surface area contributed by atoms with Gasteiger partial charge in [0.15, 0.2) is 0 Å². The molecule has 0 atom stereocenters. The smallest absolute Gasteiger partial charge is 0.261 e. The van der Waals surface area contributed by atoms with Crippen LogP contribution in [0, 0.1) is 0 Å². The summed E-state index contributed by atoms with van der Waals surface area (Å²) in [4.78, 5) is 40.5. The fourth-order valence-corrected chi connectivity index (χ4v) is 3.00. The minimum Gasteiger partial charge on any atom is -0.322 e. The molecule has 0 bridgehead atoms. The van der Waals surface area contributed by atoms with Crippen molar-refractivity contribution in [3.8, 4) is 0 Å². The van der Waals surface area contributed by atoms with Crippen molar-refractivity contribution in [3.63, 3.8) is 0 Å². The zero-order chi connectivity index (χ0) is 20.4. The molecule has 0 fully saturated rings. The van der Waals surface area contributed by atoms with Crippen molar-refractivity contribution in [3.05, 3.63) is 41.5 Å². The molecule has 0 aliphatic carbocycles. The number of hydrogen-bond acceptors (Lipinski definition) is 7. The van der Waals surface area contributed by atoms with Gasteiger partial charge in [-0.3, -0.25) is 19.3 Å². The lowest BCUT2D eigenvalue weighted by atomic mass is 9.93. The van der Waals surface area contributed by atoms with Crippen LogP contribution >= 0.6 is 0 Å². The Hall–Kier alpha value is -3.17. The van der Waals surface area contributed by atoms with Gasteiger partial charge in [0.1, 0.15) is 0 Å². The number of likely N-dealkylation sites (N-methyl/N-ethyl adjacent to an activating group) is 2. The number of rotatable bonds is 6. The minimum atomic E-state index is -0.385. The first-order chi connectivity index (χ1) is 13.3. The van der Waals surface area contributed by atoms with Crippen molar-refractivity contribution in [1.82, 2.24) is 14.8 Å². The monoisotopic (exact) mass is 382 g/mol. The van der Waals surface area contributed by atoms with Crippen LogP contribution in [-0.4, -0.2) is 73.3 Å². The van der Waals surface area contributed by atoms with Crippen molar-refractivity contribution < 1.29 is 14.4 Å². The van der Waals surface area contributed by atoms with Gasteiger partial charge in [-0.2, -0.15) is 0 Å². The molecule has 0 aromatic heterocycles. The standard InChI is InChI=1S/C19H22N6O3/c1-23(2)7-8-25-18(27)14-6-4-5-12-9-13(10-15(17(12)14)19(25)28)21-22-24(3)16(26)11-20/h4-6,9-10H,7-8,11,20H2,1-3H3. The summed E-state index contributed by atoms with van der Waals surface area (Å²) >= 11 is 0. The van der Waals surface area contributed by atoms with Gasteiger partial charge in [-0.1, -0.05) is 17.4 Å². The fourth-order valence-electron chi connectivity index (χ4n) is 3.00. The summed E-state index contributed by atoms with van der Waals surface area (Å²) < 4.78 is 0. The Bertz CT molecular complexity index is 985. The van der Waals surface area contributed by atoms with E-state index in [9.17, 15) is 14.4 Å². The van der Waals surface area contributed by atoms with Crippen molar-refractivity contribution >= 4 is 34.2 Å². The molecule has 28 heavy (non-hydrogen) atoms. The van der Waals surface area contributed by atoms with Crippen LogP contribution in [0.3, 0.4) is 0 Å². The molecule has 3 rings (SSSR count). The van der Waals surface area contributed by atoms with Crippen LogP contribution in [0.4, 0.5) is 5.69 Å². The van der Waals surface area contributed by atoms with Gasteiger partial charge >= 0.3 is 0 Å². The van der Waals surface area contributed by atoms with Gasteiger partial charge < -0.3 is 10.6 Å². The predicted molar refractivity (Wildman–Crippen MR) is 104 cm³/mol. The summed E-state index contributed by atoms with van der Waals surface area (Å²) in [5.74, 6) is -1.05. The van der Waals surface area contributed by atoms with Crippen molar-refractivity contribution in [1.29, 1.82) is 0 Å². The molecule has 1 aliphatic heterocycles. The maximum atomic E-state index is 13.0. The molecule has 1 aliphatic rings. The van der Waals surface area contributed by atoms with Crippen molar-refractivity contribution in [2.75, 3.05) is 40.8 Å². The van der Waals surface area contributed by atoms with E-state index in [4.69, 9.17) is 5.73 Å². The molecule has 0 spiro atoms. The third-order valence-electron chi connectivity index (χ3n) is 4.51. The SMILES string of the molecule is CN(C)CCN1C(=O)c2cccc3cc(N=NN(C)C(=O)CN)cc(c23)C1=O. The molecule has 0 saturated heterocycles. The van der Waals surface area contributed by atoms with E-state index in [1.54, 1.807) is 24.3 Å². The Balaban J connectivity index is 2.04. The molecule has 2 aromatic rings. The predicted octanol–water partition coefficient (Wildman–Crippen LogP) is 1.41. The summed E-state index contributed by atoms with van der Waals surface area (Å²) in [5, 5.41) is 10.3. The van der Waals surface area contributed by atoms with Crippen LogP contribution in [0.1, 0.15) is 20.7 Å². The molecular weight excluding hydrogens is 360 g/mol. The zero-order valence-electron chi connectivity index (χ0n) is 16.0. The van der Waals surface area contributed by atoms with Crippen LogP contribution < -0.4 is 5.73 Å². The summed E-state index contributed by atoms with van der Waals surface area (Å²) in [7, 11) is 5.21. The van der Waals surface area contributed by atoms with Gasteiger partial charge in [0.05, 0.1) is 17.8 Å². The van der Waals surface area contributed by atoms with E-state index in [1.807, 2.05) is 25.1 Å². The number of imide groups is 1. The maximum Gasteiger partial charge on any atom is 0.261 e. The molecule has 9 nitrogen and oxygen atoms in total. The molecule has 0 radical (unpaired) electrons. The first-order valence-electron chi connectivity index (χ1n) is 8.79. The number of carbonyl (C=O) groups is 3. The number of benzene rings is 2. The van der Waals surface area contributed by atoms with Gasteiger partial charge in [0.2, 0.25) is 0 Å². The van der Waals surface area contributed by atoms with Crippen molar-refractivity contribution in [2.24, 2.45) is 16.1 Å². The first kappa shape index (κ1) is 19.6. The summed E-state index contributed by atoms with van der Waals surface area (Å²) in [6.45, 7) is 0.678. The Kier molecular flexibility index (Phi) is 5.48. The van der Waals surface area contributed by atoms with Gasteiger partial charge in [0, 0.05) is 31.1 Å². The minimum absolute atomic E-state index is 0.177. The molecule has 1 heterocycles. The number of nitrogens with two attached hydrogens (primary N) is 1. The van der Waals surface area contributed by atoms with E-state index < -0.39 is 0 Å². The van der Waals surface area contributed by atoms with E-state index >= 15 is 0 Å². The van der Waals surface area contributed by atoms with Crippen molar-refractivity contribution in [2.45, 2.75) is 0 Å². The topological polar surface area (TPSA) is 112 Å². The van der Waals surface area contributed by atoms with Crippen LogP contribution in [0.25, 0.3) is 10.8 Å². The third-order valence-corrected chi connectivity index (χ3v) is 4.51. The van der Waals surface area contributed by atoms with E-state index in [0.29, 0.717) is 40.7 Å². The van der Waals surface area contributed by atoms with E-state index in [-0.39, 0.29) is 24.3 Å². The normalized spacial score (nSPS) is 13.8. The Morgan fingerprint density at radius 3 is 2.50 bits per heavy atom. The van der Waals surface area contributed by atoms with Crippen LogP contribution in [-0.2, 0) is 4.79 Å². The van der Waals surface area contributed by atoms with Gasteiger partial charge in [-0.15, -0.1) is 5.11 Å². The Morgan fingerprint density at radius 1 is 1.11 bits per heavy atom. The van der Waals surface area contributed by atoms with E-state index in [1.165, 1.54) is 11.9 Å². The van der Waals surface area contributed by atoms with Crippen LogP contribution in [0.5, 0.6) is 0 Å². The molecule has 2 aromatic carbocycles. The summed E-state index contributed by atoms with van der Waals surface area (Å²) in [6, 6.07) is 8.62. The average molecular weight is 382 g/mol. The number of carbonyl (C=O) groups excluding carboxylic acids is 3. The number of amides is 3. The first-order valence-corrected chi connectivity index (χ1v) is 8.79. The molecule has 0 saturated carbocycles. The second-order valence-corrected chi connectivity index (χ2v) is 6.77. The molecule has 9 heteroatoms. The van der Waals surface area contributed by atoms with E-state index in [0.717, 1.165) is 5.01 Å². The molecule has 0 unspecified atom stereocenters. The lowest BCUT2D eigenvalue weighted by Crippen LogP contribution is -2.43. The second kappa shape index (κ2) is 7.83. The largest absolute Gasteiger partial charge is 0.322 e. The second-order valence-electron chi connectivity index (χ2n) is 6.77. The molecule has 3 amide bonds. The summed E-state index contributed by atoms with van der Waals surface area (Å²) in [6.07, 6.45) is 0. The highest BCUT2D eigenvalue weighted by atomic mass is 16.2. The highest BCUT2D eigenvalue weighted by molar-refractivity contribution is 6.25. The average Bonchev–Trinajstić information content (AvgIpc) is 2.68. The van der Waals surface area contributed by atoms with Crippen LogP contribution in [0.15, 0.2) is 40.7 Å². The zero-order valence-corrected chi connectivity index (χ0v) is 16.0. The molecular formula is C19H22N6O3. The van der Waals surface area contributed by atoms with Crippen LogP contribution in [0.2, 0.25) is 0 Å². The lowest BCUT2D eigenvalue weighted by molar-refractivity contribution is -0.128. The lowest BCUT2D eigenvalue weighted by Gasteiger charge is -2.28. The Labute approximate surface area is 162 Å². The highest BCUT2D eigenvalue weighted by Crippen LogP contribution is 2.33. The highest BCUT2D eigenvalue weighted by Gasteiger charge is 2.32. The third kappa shape index (κ3) is 3.62. The maximum absolute atomic E-state index is 13.0. The number of nitrogens with zero attached hydrogens (tertiary/aromatic N) is 5. The van der Waals surface area contributed by atoms with Gasteiger partial charge in [-0.05, 0) is 37.7 Å². The molecule has 2 N–H and O–H groups in total. The quantitative estimate of drug-likeness (QED) is 0.461. The fraction of sp³-hybridized carbons (Fsp3) is 0.316. The summed E-state index contributed by atoms with van der Waals surface area (Å²) in [5.41, 5.74) is 6.60. The number of hydrogen-bond donors (Lipinski definition) is 1. The van der Waals surface area contributed by atoms with E-state index in [2.05, 4.69) is 10.3 Å². The van der Waals surface area contributed by atoms with Gasteiger partial charge in [-0.25, -0.2) is 5.01 Å². The van der Waals surface area contributed by atoms with Gasteiger partial charge in [0.25, 0.3) is 17.7 Å². The molecule has 146 valence electrons.